The van der Waals surface area contributed by atoms with Gasteiger partial charge in [-0.05, 0) is 51.5 Å². The number of hydrogen-bond donors (Lipinski definition) is 2. The number of esters is 1. The quantitative estimate of drug-likeness (QED) is 0.736. The van der Waals surface area contributed by atoms with Crippen molar-refractivity contribution in [1.82, 2.24) is 0 Å². The van der Waals surface area contributed by atoms with Crippen LogP contribution >= 0.6 is 11.3 Å². The van der Waals surface area contributed by atoms with Gasteiger partial charge in [0.1, 0.15) is 5.00 Å². The lowest BCUT2D eigenvalue weighted by molar-refractivity contribution is -0.888. The van der Waals surface area contributed by atoms with Gasteiger partial charge in [-0.2, -0.15) is 0 Å². The van der Waals surface area contributed by atoms with Crippen LogP contribution in [0.1, 0.15) is 54.9 Å². The Bertz CT molecular complexity index is 593. The fraction of sp³-hybridized carbons (Fsp3) is 0.667. The Morgan fingerprint density at radius 1 is 1.29 bits per heavy atom. The molecule has 0 fully saturated rings. The van der Waals surface area contributed by atoms with Gasteiger partial charge in [-0.3, -0.25) is 4.79 Å². The van der Waals surface area contributed by atoms with Crippen LogP contribution in [0.15, 0.2) is 0 Å². The van der Waals surface area contributed by atoms with E-state index in [4.69, 9.17) is 4.74 Å². The van der Waals surface area contributed by atoms with E-state index in [0.717, 1.165) is 37.9 Å². The third-order valence-electron chi connectivity index (χ3n) is 4.65. The zero-order valence-corrected chi connectivity index (χ0v) is 16.0. The molecule has 1 aromatic rings. The molecule has 2 rings (SSSR count). The van der Waals surface area contributed by atoms with Gasteiger partial charge in [0, 0.05) is 4.88 Å². The van der Waals surface area contributed by atoms with Crippen molar-refractivity contribution in [3.63, 3.8) is 0 Å². The highest BCUT2D eigenvalue weighted by molar-refractivity contribution is 7.17. The molecule has 0 aliphatic heterocycles. The normalized spacial score (nSPS) is 16.8. The second-order valence-corrected chi connectivity index (χ2v) is 7.56. The minimum atomic E-state index is -0.310. The summed E-state index contributed by atoms with van der Waals surface area (Å²) in [6.07, 6.45) is 2.94. The Morgan fingerprint density at radius 3 is 2.62 bits per heavy atom. The monoisotopic (exact) mass is 353 g/mol. The fourth-order valence-electron chi connectivity index (χ4n) is 3.16. The Hall–Kier alpha value is -1.40. The Labute approximate surface area is 148 Å². The number of thiophene rings is 1. The molecule has 24 heavy (non-hydrogen) atoms. The van der Waals surface area contributed by atoms with E-state index >= 15 is 0 Å². The number of nitrogens with one attached hydrogen (secondary N) is 2. The molecule has 1 aliphatic carbocycles. The minimum absolute atomic E-state index is 0.0362. The lowest BCUT2D eigenvalue weighted by Crippen LogP contribution is -3.12. The van der Waals surface area contributed by atoms with Gasteiger partial charge in [-0.15, -0.1) is 11.3 Å². The van der Waals surface area contributed by atoms with E-state index in [2.05, 4.69) is 26.1 Å². The molecule has 0 bridgehead atoms. The van der Waals surface area contributed by atoms with Gasteiger partial charge in [0.15, 0.2) is 6.54 Å². The highest BCUT2D eigenvalue weighted by atomic mass is 32.1. The maximum atomic E-state index is 12.4. The lowest BCUT2D eigenvalue weighted by atomic mass is 9.88. The van der Waals surface area contributed by atoms with E-state index in [1.807, 2.05) is 0 Å². The van der Waals surface area contributed by atoms with Crippen LogP contribution in [0.4, 0.5) is 5.00 Å². The first-order chi connectivity index (χ1) is 11.5. The molecule has 1 heterocycles. The van der Waals surface area contributed by atoms with Crippen LogP contribution in [-0.4, -0.2) is 38.1 Å². The van der Waals surface area contributed by atoms with Gasteiger partial charge in [0.05, 0.1) is 25.3 Å². The summed E-state index contributed by atoms with van der Waals surface area (Å²) in [7, 11) is 0. The topological polar surface area (TPSA) is 59.8 Å². The Balaban J connectivity index is 2.24. The van der Waals surface area contributed by atoms with Gasteiger partial charge in [0.2, 0.25) is 0 Å². The molecule has 1 atom stereocenters. The summed E-state index contributed by atoms with van der Waals surface area (Å²) < 4.78 is 5.24. The molecular formula is C18H29N2O3S+. The van der Waals surface area contributed by atoms with E-state index in [1.165, 1.54) is 9.78 Å². The first-order valence-corrected chi connectivity index (χ1v) is 9.76. The van der Waals surface area contributed by atoms with Gasteiger partial charge in [0.25, 0.3) is 5.91 Å². The molecule has 0 saturated carbocycles. The van der Waals surface area contributed by atoms with Crippen LogP contribution in [0, 0.1) is 5.92 Å². The predicted molar refractivity (Wildman–Crippen MR) is 97.0 cm³/mol. The summed E-state index contributed by atoms with van der Waals surface area (Å²) in [4.78, 5) is 27.2. The molecule has 2 N–H and O–H groups in total. The van der Waals surface area contributed by atoms with Crippen molar-refractivity contribution in [1.29, 1.82) is 0 Å². The molecule has 0 spiro atoms. The zero-order chi connectivity index (χ0) is 17.7. The van der Waals surface area contributed by atoms with E-state index in [1.54, 1.807) is 18.3 Å². The summed E-state index contributed by atoms with van der Waals surface area (Å²) >= 11 is 1.55. The third kappa shape index (κ3) is 4.36. The van der Waals surface area contributed by atoms with Crippen LogP contribution in [0.25, 0.3) is 0 Å². The van der Waals surface area contributed by atoms with Crippen molar-refractivity contribution in [3.8, 4) is 0 Å². The van der Waals surface area contributed by atoms with Crippen LogP contribution in [0.5, 0.6) is 0 Å². The molecule has 1 amide bonds. The molecular weight excluding hydrogens is 324 g/mol. The molecule has 134 valence electrons. The highest BCUT2D eigenvalue weighted by Gasteiger charge is 2.29. The number of ether oxygens (including phenoxy) is 1. The van der Waals surface area contributed by atoms with Gasteiger partial charge in [-0.25, -0.2) is 4.79 Å². The molecule has 1 aromatic heterocycles. The second-order valence-electron chi connectivity index (χ2n) is 6.46. The second kappa shape index (κ2) is 8.62. The van der Waals surface area contributed by atoms with Crippen molar-refractivity contribution in [2.45, 2.75) is 47.0 Å². The van der Waals surface area contributed by atoms with Crippen LogP contribution < -0.4 is 10.2 Å². The lowest BCUT2D eigenvalue weighted by Gasteiger charge is -2.18. The van der Waals surface area contributed by atoms with Crippen LogP contribution in [0.3, 0.4) is 0 Å². The number of quaternary nitrogens is 1. The molecule has 0 saturated heterocycles. The number of carbonyl (C=O) groups excluding carboxylic acids is 2. The van der Waals surface area contributed by atoms with Crippen LogP contribution in [0.2, 0.25) is 0 Å². The predicted octanol–water partition coefficient (Wildman–Crippen LogP) is 1.91. The summed E-state index contributed by atoms with van der Waals surface area (Å²) in [5.74, 6) is 0.274. The Kier molecular flexibility index (Phi) is 6.80. The van der Waals surface area contributed by atoms with Crippen molar-refractivity contribution in [2.24, 2.45) is 5.92 Å². The van der Waals surface area contributed by atoms with Crippen molar-refractivity contribution >= 4 is 28.2 Å². The summed E-state index contributed by atoms with van der Waals surface area (Å²) in [6, 6.07) is 0. The summed E-state index contributed by atoms with van der Waals surface area (Å²) in [6.45, 7) is 10.8. The van der Waals surface area contributed by atoms with E-state index in [-0.39, 0.29) is 11.9 Å². The van der Waals surface area contributed by atoms with Crippen molar-refractivity contribution < 1.29 is 19.2 Å². The van der Waals surface area contributed by atoms with E-state index in [0.29, 0.717) is 29.6 Å². The number of rotatable bonds is 7. The van der Waals surface area contributed by atoms with Crippen molar-refractivity contribution in [2.75, 3.05) is 31.6 Å². The van der Waals surface area contributed by atoms with E-state index < -0.39 is 0 Å². The molecule has 0 radical (unpaired) electrons. The van der Waals surface area contributed by atoms with E-state index in [9.17, 15) is 9.59 Å². The fourth-order valence-corrected chi connectivity index (χ4v) is 4.57. The van der Waals surface area contributed by atoms with Gasteiger partial charge in [-0.1, -0.05) is 6.92 Å². The molecule has 6 heteroatoms. The minimum Gasteiger partial charge on any atom is -0.462 e. The smallest absolute Gasteiger partial charge is 0.341 e. The molecule has 5 nitrogen and oxygen atoms in total. The number of amides is 1. The highest BCUT2D eigenvalue weighted by Crippen LogP contribution is 2.40. The SMILES string of the molecule is CCOC(=O)c1c(NC(=O)C[NH+](CC)CC)sc2c1CC[C@@H](C)C2. The largest absolute Gasteiger partial charge is 0.462 e. The Morgan fingerprint density at radius 2 is 2.00 bits per heavy atom. The molecule has 1 aliphatic rings. The summed E-state index contributed by atoms with van der Waals surface area (Å²) in [5, 5.41) is 3.65. The number of likely N-dealkylation sites (N-methyl/N-ethyl adjacent to an activating group) is 1. The molecule has 0 aromatic carbocycles. The number of anilines is 1. The average Bonchev–Trinajstić information content (AvgIpc) is 2.89. The number of hydrogen-bond acceptors (Lipinski definition) is 4. The first kappa shape index (κ1) is 18.9. The summed E-state index contributed by atoms with van der Waals surface area (Å²) in [5.41, 5.74) is 1.67. The van der Waals surface area contributed by atoms with Gasteiger partial charge < -0.3 is 15.0 Å². The standard InChI is InChI=1S/C18H28N2O3S/c1-5-20(6-2)11-15(21)19-17-16(18(22)23-7-3)13-9-8-12(4)10-14(13)24-17/h12H,5-11H2,1-4H3,(H,19,21)/p+1/t12-/m1/s1. The maximum absolute atomic E-state index is 12.4. The zero-order valence-electron chi connectivity index (χ0n) is 15.2. The average molecular weight is 354 g/mol. The first-order valence-electron chi connectivity index (χ1n) is 8.95. The molecule has 0 unspecified atom stereocenters. The number of carbonyl (C=O) groups is 2. The van der Waals surface area contributed by atoms with Crippen LogP contribution in [-0.2, 0) is 22.4 Å². The third-order valence-corrected chi connectivity index (χ3v) is 5.82. The van der Waals surface area contributed by atoms with Gasteiger partial charge >= 0.3 is 5.97 Å². The van der Waals surface area contributed by atoms with Crippen molar-refractivity contribution in [3.05, 3.63) is 16.0 Å². The number of fused-ring (bicyclic) bond motifs is 1. The maximum Gasteiger partial charge on any atom is 0.341 e.